The van der Waals surface area contributed by atoms with E-state index in [1.807, 2.05) is 37.0 Å². The molecule has 1 heterocycles. The fraction of sp³-hybridized carbons (Fsp3) is 0.600. The van der Waals surface area contributed by atoms with Crippen molar-refractivity contribution in [1.29, 1.82) is 0 Å². The predicted molar refractivity (Wildman–Crippen MR) is 53.4 cm³/mol. The van der Waals surface area contributed by atoms with Crippen LogP contribution in [0.25, 0.3) is 0 Å². The maximum absolute atomic E-state index is 9.46. The van der Waals surface area contributed by atoms with Gasteiger partial charge >= 0.3 is 0 Å². The number of hydrogen-bond donors (Lipinski definition) is 2. The van der Waals surface area contributed by atoms with E-state index in [9.17, 15) is 5.11 Å². The van der Waals surface area contributed by atoms with Gasteiger partial charge in [0, 0.05) is 25.5 Å². The van der Waals surface area contributed by atoms with Gasteiger partial charge < -0.3 is 15.4 Å². The van der Waals surface area contributed by atoms with Crippen molar-refractivity contribution in [3.05, 3.63) is 24.0 Å². The lowest BCUT2D eigenvalue weighted by Crippen LogP contribution is -2.35. The van der Waals surface area contributed by atoms with E-state index in [2.05, 4.69) is 0 Å². The predicted octanol–water partition coefficient (Wildman–Crippen LogP) is 0.666. The molecule has 1 rings (SSSR count). The lowest BCUT2D eigenvalue weighted by Gasteiger charge is -2.16. The average Bonchev–Trinajstić information content (AvgIpc) is 2.49. The van der Waals surface area contributed by atoms with Gasteiger partial charge in [0.05, 0.1) is 6.10 Å². The summed E-state index contributed by atoms with van der Waals surface area (Å²) in [5.74, 6) is 0. The molecule has 1 aromatic heterocycles. The molecule has 1 aromatic rings. The van der Waals surface area contributed by atoms with Gasteiger partial charge in [-0.25, -0.2) is 0 Å². The van der Waals surface area contributed by atoms with Gasteiger partial charge in [-0.3, -0.25) is 0 Å². The zero-order valence-electron chi connectivity index (χ0n) is 8.27. The number of rotatable bonds is 4. The van der Waals surface area contributed by atoms with Crippen LogP contribution in [0.5, 0.6) is 0 Å². The molecular weight excluding hydrogens is 164 g/mol. The first-order valence-electron chi connectivity index (χ1n) is 4.68. The lowest BCUT2D eigenvalue weighted by molar-refractivity contribution is 0.140. The molecule has 0 radical (unpaired) electrons. The summed E-state index contributed by atoms with van der Waals surface area (Å²) in [6.45, 7) is 1.94. The van der Waals surface area contributed by atoms with Gasteiger partial charge in [-0.15, -0.1) is 0 Å². The van der Waals surface area contributed by atoms with Crippen LogP contribution in [0.4, 0.5) is 0 Å². The van der Waals surface area contributed by atoms with E-state index < -0.39 is 0 Å². The van der Waals surface area contributed by atoms with E-state index in [-0.39, 0.29) is 12.1 Å². The van der Waals surface area contributed by atoms with E-state index in [0.717, 1.165) is 6.42 Å². The van der Waals surface area contributed by atoms with Gasteiger partial charge in [-0.2, -0.15) is 0 Å². The largest absolute Gasteiger partial charge is 0.392 e. The highest BCUT2D eigenvalue weighted by atomic mass is 16.3. The van der Waals surface area contributed by atoms with Crippen molar-refractivity contribution >= 4 is 0 Å². The molecule has 0 aliphatic heterocycles. The number of hydrogen-bond acceptors (Lipinski definition) is 2. The van der Waals surface area contributed by atoms with Gasteiger partial charge in [0.1, 0.15) is 0 Å². The SMILES string of the molecule is CCC(O)C(N)Cc1ccn(C)c1. The van der Waals surface area contributed by atoms with Crippen molar-refractivity contribution < 1.29 is 5.11 Å². The summed E-state index contributed by atoms with van der Waals surface area (Å²) in [7, 11) is 1.98. The van der Waals surface area contributed by atoms with Crippen LogP contribution in [0.2, 0.25) is 0 Å². The maximum Gasteiger partial charge on any atom is 0.0691 e. The summed E-state index contributed by atoms with van der Waals surface area (Å²) in [5, 5.41) is 9.46. The fourth-order valence-electron chi connectivity index (χ4n) is 1.39. The third kappa shape index (κ3) is 2.86. The van der Waals surface area contributed by atoms with Gasteiger partial charge in [-0.1, -0.05) is 6.92 Å². The second kappa shape index (κ2) is 4.44. The Balaban J connectivity index is 2.49. The van der Waals surface area contributed by atoms with Crippen LogP contribution in [0.3, 0.4) is 0 Å². The minimum absolute atomic E-state index is 0.146. The molecule has 0 aliphatic carbocycles. The second-order valence-electron chi connectivity index (χ2n) is 3.53. The third-order valence-electron chi connectivity index (χ3n) is 2.28. The molecule has 0 bridgehead atoms. The Bertz CT molecular complexity index is 257. The summed E-state index contributed by atoms with van der Waals surface area (Å²) in [4.78, 5) is 0. The number of aromatic nitrogens is 1. The molecule has 2 atom stereocenters. The zero-order chi connectivity index (χ0) is 9.84. The van der Waals surface area contributed by atoms with E-state index in [0.29, 0.717) is 6.42 Å². The number of aliphatic hydroxyl groups excluding tert-OH is 1. The molecule has 3 heteroatoms. The summed E-state index contributed by atoms with van der Waals surface area (Å²) in [5.41, 5.74) is 6.99. The zero-order valence-corrected chi connectivity index (χ0v) is 8.27. The summed E-state index contributed by atoms with van der Waals surface area (Å²) in [6, 6.07) is 1.88. The Morgan fingerprint density at radius 1 is 1.62 bits per heavy atom. The summed E-state index contributed by atoms with van der Waals surface area (Å²) >= 11 is 0. The monoisotopic (exact) mass is 182 g/mol. The Morgan fingerprint density at radius 2 is 2.31 bits per heavy atom. The van der Waals surface area contributed by atoms with Crippen LogP contribution in [-0.4, -0.2) is 21.8 Å². The van der Waals surface area contributed by atoms with Gasteiger partial charge in [0.15, 0.2) is 0 Å². The standard InChI is InChI=1S/C10H18N2O/c1-3-10(13)9(11)6-8-4-5-12(2)7-8/h4-5,7,9-10,13H,3,6,11H2,1-2H3. The van der Waals surface area contributed by atoms with Crippen molar-refractivity contribution in [3.63, 3.8) is 0 Å². The molecule has 74 valence electrons. The van der Waals surface area contributed by atoms with Crippen molar-refractivity contribution in [3.8, 4) is 0 Å². The minimum atomic E-state index is -0.389. The molecule has 13 heavy (non-hydrogen) atoms. The molecule has 2 unspecified atom stereocenters. The first-order chi connectivity index (χ1) is 6.13. The van der Waals surface area contributed by atoms with Crippen LogP contribution < -0.4 is 5.73 Å². The van der Waals surface area contributed by atoms with Crippen molar-refractivity contribution in [2.24, 2.45) is 12.8 Å². The Morgan fingerprint density at radius 3 is 2.77 bits per heavy atom. The van der Waals surface area contributed by atoms with E-state index in [4.69, 9.17) is 5.73 Å². The molecule has 0 amide bonds. The van der Waals surface area contributed by atoms with Crippen molar-refractivity contribution in [1.82, 2.24) is 4.57 Å². The highest BCUT2D eigenvalue weighted by Gasteiger charge is 2.13. The number of aryl methyl sites for hydroxylation is 1. The van der Waals surface area contributed by atoms with Gasteiger partial charge in [0.25, 0.3) is 0 Å². The number of aliphatic hydroxyl groups is 1. The normalized spacial score (nSPS) is 15.7. The number of nitrogens with two attached hydrogens (primary N) is 1. The molecule has 3 nitrogen and oxygen atoms in total. The highest BCUT2D eigenvalue weighted by Crippen LogP contribution is 2.06. The maximum atomic E-state index is 9.46. The summed E-state index contributed by atoms with van der Waals surface area (Å²) < 4.78 is 1.99. The fourth-order valence-corrected chi connectivity index (χ4v) is 1.39. The third-order valence-corrected chi connectivity index (χ3v) is 2.28. The Kier molecular flexibility index (Phi) is 3.51. The van der Waals surface area contributed by atoms with E-state index >= 15 is 0 Å². The number of nitrogens with zero attached hydrogens (tertiary/aromatic N) is 1. The van der Waals surface area contributed by atoms with E-state index in [1.165, 1.54) is 5.56 Å². The summed E-state index contributed by atoms with van der Waals surface area (Å²) in [6.07, 6.45) is 5.09. The van der Waals surface area contributed by atoms with Crippen LogP contribution in [0, 0.1) is 0 Å². The topological polar surface area (TPSA) is 51.2 Å². The van der Waals surface area contributed by atoms with Crippen molar-refractivity contribution in [2.75, 3.05) is 0 Å². The molecule has 0 saturated carbocycles. The highest BCUT2D eigenvalue weighted by molar-refractivity contribution is 5.11. The molecule has 0 spiro atoms. The molecule has 3 N–H and O–H groups in total. The van der Waals surface area contributed by atoms with E-state index in [1.54, 1.807) is 0 Å². The van der Waals surface area contributed by atoms with Gasteiger partial charge in [-0.05, 0) is 24.5 Å². The second-order valence-corrected chi connectivity index (χ2v) is 3.53. The molecular formula is C10H18N2O. The molecule has 0 aliphatic rings. The Labute approximate surface area is 79.2 Å². The van der Waals surface area contributed by atoms with Crippen LogP contribution in [0.15, 0.2) is 18.5 Å². The molecule has 0 fully saturated rings. The lowest BCUT2D eigenvalue weighted by atomic mass is 10.0. The quantitative estimate of drug-likeness (QED) is 0.719. The first kappa shape index (κ1) is 10.3. The van der Waals surface area contributed by atoms with Crippen LogP contribution in [-0.2, 0) is 13.5 Å². The molecule has 0 saturated heterocycles. The molecule has 0 aromatic carbocycles. The van der Waals surface area contributed by atoms with Gasteiger partial charge in [0.2, 0.25) is 0 Å². The average molecular weight is 182 g/mol. The Hall–Kier alpha value is -0.800. The van der Waals surface area contributed by atoms with Crippen LogP contribution in [0.1, 0.15) is 18.9 Å². The smallest absolute Gasteiger partial charge is 0.0691 e. The minimum Gasteiger partial charge on any atom is -0.392 e. The first-order valence-corrected chi connectivity index (χ1v) is 4.68. The van der Waals surface area contributed by atoms with Crippen LogP contribution >= 0.6 is 0 Å². The van der Waals surface area contributed by atoms with Crippen molar-refractivity contribution in [2.45, 2.75) is 31.9 Å².